The first kappa shape index (κ1) is 20.8. The van der Waals surface area contributed by atoms with Crippen LogP contribution in [0.3, 0.4) is 0 Å². The second-order valence-corrected chi connectivity index (χ2v) is 10.5. The van der Waals surface area contributed by atoms with Gasteiger partial charge in [0.2, 0.25) is 5.91 Å². The van der Waals surface area contributed by atoms with Crippen molar-refractivity contribution < 1.29 is 14.3 Å². The topological polar surface area (TPSA) is 62.7 Å². The fourth-order valence-corrected chi connectivity index (χ4v) is 5.92. The van der Waals surface area contributed by atoms with Gasteiger partial charge in [-0.3, -0.25) is 4.79 Å². The minimum atomic E-state index is -0.529. The molecule has 30 heavy (non-hydrogen) atoms. The third kappa shape index (κ3) is 3.94. The number of carbonyl (C=O) groups is 2. The van der Waals surface area contributed by atoms with Gasteiger partial charge in [-0.2, -0.15) is 0 Å². The molecule has 0 atom stereocenters. The quantitative estimate of drug-likeness (QED) is 0.539. The third-order valence-electron chi connectivity index (χ3n) is 4.97. The molecule has 1 aromatic carbocycles. The maximum atomic E-state index is 12.6. The summed E-state index contributed by atoms with van der Waals surface area (Å²) in [5.74, 6) is -0.0278. The number of benzene rings is 1. The van der Waals surface area contributed by atoms with Crippen molar-refractivity contribution in [3.63, 3.8) is 0 Å². The predicted molar refractivity (Wildman–Crippen MR) is 122 cm³/mol. The van der Waals surface area contributed by atoms with Gasteiger partial charge in [0, 0.05) is 31.0 Å². The molecule has 0 saturated carbocycles. The summed E-state index contributed by atoms with van der Waals surface area (Å²) >= 11 is 3.20. The van der Waals surface area contributed by atoms with E-state index >= 15 is 0 Å². The van der Waals surface area contributed by atoms with Gasteiger partial charge >= 0.3 is 6.09 Å². The van der Waals surface area contributed by atoms with Gasteiger partial charge in [0.25, 0.3) is 0 Å². The number of amides is 2. The lowest BCUT2D eigenvalue weighted by molar-refractivity contribution is -0.116. The Morgan fingerprint density at radius 2 is 1.93 bits per heavy atom. The molecule has 0 radical (unpaired) electrons. The number of nitrogens with zero attached hydrogens (tertiary/aromatic N) is 3. The second kappa shape index (κ2) is 7.67. The molecule has 0 spiro atoms. The van der Waals surface area contributed by atoms with Crippen LogP contribution >= 0.6 is 22.7 Å². The number of anilines is 1. The van der Waals surface area contributed by atoms with Gasteiger partial charge < -0.3 is 14.5 Å². The first-order valence-electron chi connectivity index (χ1n) is 9.87. The van der Waals surface area contributed by atoms with Gasteiger partial charge in [0.15, 0.2) is 0 Å². The molecule has 3 aromatic rings. The minimum Gasteiger partial charge on any atom is -0.444 e. The van der Waals surface area contributed by atoms with E-state index in [1.165, 1.54) is 5.56 Å². The number of hydrogen-bond donors (Lipinski definition) is 0. The Bertz CT molecular complexity index is 1090. The number of para-hydroxylation sites is 1. The molecule has 0 bridgehead atoms. The summed E-state index contributed by atoms with van der Waals surface area (Å²) in [5.41, 5.74) is 2.64. The Morgan fingerprint density at radius 1 is 1.20 bits per heavy atom. The van der Waals surface area contributed by atoms with Crippen LogP contribution in [0.15, 0.2) is 24.3 Å². The van der Waals surface area contributed by atoms with Crippen LogP contribution in [-0.2, 0) is 22.5 Å². The average molecular weight is 444 g/mol. The zero-order valence-electron chi connectivity index (χ0n) is 17.8. The molecule has 3 heterocycles. The SMILES string of the molecule is CC(=O)N(C)c1sc2c(c1-c1nc3ccccc3s1)CCN(C(=O)OC(C)(C)C)C2. The summed E-state index contributed by atoms with van der Waals surface area (Å²) < 4.78 is 6.68. The fraction of sp³-hybridized carbons (Fsp3) is 0.409. The number of rotatable bonds is 2. The molecular formula is C22H25N3O3S2. The highest BCUT2D eigenvalue weighted by molar-refractivity contribution is 7.23. The summed E-state index contributed by atoms with van der Waals surface area (Å²) in [4.78, 5) is 34.1. The number of ether oxygens (including phenoxy) is 1. The number of aromatic nitrogens is 1. The highest BCUT2D eigenvalue weighted by Crippen LogP contribution is 2.47. The Balaban J connectivity index is 1.76. The minimum absolute atomic E-state index is 0.0278. The fourth-order valence-electron chi connectivity index (χ4n) is 3.45. The van der Waals surface area contributed by atoms with Crippen LogP contribution in [0.25, 0.3) is 20.8 Å². The van der Waals surface area contributed by atoms with Crippen LogP contribution in [0.4, 0.5) is 9.80 Å². The summed E-state index contributed by atoms with van der Waals surface area (Å²) in [6.07, 6.45) is 0.409. The molecule has 0 fully saturated rings. The molecule has 4 rings (SSSR count). The van der Waals surface area contributed by atoms with E-state index in [1.54, 1.807) is 46.4 Å². The van der Waals surface area contributed by atoms with Gasteiger partial charge in [0.1, 0.15) is 15.6 Å². The van der Waals surface area contributed by atoms with E-state index in [0.717, 1.165) is 30.7 Å². The lowest BCUT2D eigenvalue weighted by atomic mass is 10.0. The molecule has 2 aromatic heterocycles. The zero-order chi connectivity index (χ0) is 21.6. The van der Waals surface area contributed by atoms with Crippen molar-refractivity contribution >= 4 is 49.9 Å². The smallest absolute Gasteiger partial charge is 0.410 e. The Kier molecular flexibility index (Phi) is 5.32. The van der Waals surface area contributed by atoms with Crippen molar-refractivity contribution in [1.82, 2.24) is 9.88 Å². The summed E-state index contributed by atoms with van der Waals surface area (Å²) in [6, 6.07) is 8.06. The monoisotopic (exact) mass is 443 g/mol. The molecule has 158 valence electrons. The number of hydrogen-bond acceptors (Lipinski definition) is 6. The van der Waals surface area contributed by atoms with Crippen molar-refractivity contribution in [1.29, 1.82) is 0 Å². The van der Waals surface area contributed by atoms with Crippen LogP contribution in [0.1, 0.15) is 38.1 Å². The second-order valence-electron chi connectivity index (χ2n) is 8.40. The molecule has 1 aliphatic rings. The van der Waals surface area contributed by atoms with Crippen LogP contribution in [0.5, 0.6) is 0 Å². The molecular weight excluding hydrogens is 418 g/mol. The lowest BCUT2D eigenvalue weighted by Gasteiger charge is -2.30. The Labute approximate surface area is 184 Å². The van der Waals surface area contributed by atoms with E-state index in [-0.39, 0.29) is 12.0 Å². The molecule has 0 N–H and O–H groups in total. The van der Waals surface area contributed by atoms with Gasteiger partial charge in [-0.15, -0.1) is 22.7 Å². The molecule has 8 heteroatoms. The van der Waals surface area contributed by atoms with Crippen molar-refractivity contribution in [2.75, 3.05) is 18.5 Å². The standard InChI is InChI=1S/C22H25N3O3S2/c1-13(26)24(5)20-18(19-23-15-8-6-7-9-16(15)29-19)14-10-11-25(12-17(14)30-20)21(27)28-22(2,3)4/h6-9H,10-12H2,1-5H3. The van der Waals surface area contributed by atoms with Crippen LogP contribution in [-0.4, -0.2) is 41.1 Å². The van der Waals surface area contributed by atoms with Gasteiger partial charge in [0.05, 0.1) is 16.8 Å². The summed E-state index contributed by atoms with van der Waals surface area (Å²) in [6.45, 7) is 8.25. The van der Waals surface area contributed by atoms with Crippen LogP contribution < -0.4 is 4.90 Å². The van der Waals surface area contributed by atoms with E-state index in [9.17, 15) is 9.59 Å². The van der Waals surface area contributed by atoms with Crippen molar-refractivity contribution in [2.45, 2.75) is 46.3 Å². The van der Waals surface area contributed by atoms with Crippen LogP contribution in [0.2, 0.25) is 0 Å². The maximum Gasteiger partial charge on any atom is 0.410 e. The van der Waals surface area contributed by atoms with Crippen molar-refractivity contribution in [3.05, 3.63) is 34.7 Å². The van der Waals surface area contributed by atoms with Crippen LogP contribution in [0, 0.1) is 0 Å². The van der Waals surface area contributed by atoms with E-state index in [2.05, 4.69) is 6.07 Å². The number of thiophene rings is 1. The van der Waals surface area contributed by atoms with Gasteiger partial charge in [-0.25, -0.2) is 9.78 Å². The lowest BCUT2D eigenvalue weighted by Crippen LogP contribution is -2.39. The first-order valence-corrected chi connectivity index (χ1v) is 11.5. The van der Waals surface area contributed by atoms with Crippen molar-refractivity contribution in [3.8, 4) is 10.6 Å². The number of carbonyl (C=O) groups excluding carboxylic acids is 2. The number of thiazole rings is 1. The highest BCUT2D eigenvalue weighted by Gasteiger charge is 2.32. The average Bonchev–Trinajstić information content (AvgIpc) is 3.26. The van der Waals surface area contributed by atoms with E-state index in [1.807, 2.05) is 39.0 Å². The third-order valence-corrected chi connectivity index (χ3v) is 7.32. The zero-order valence-corrected chi connectivity index (χ0v) is 19.4. The molecule has 0 aliphatic carbocycles. The molecule has 6 nitrogen and oxygen atoms in total. The Hall–Kier alpha value is -2.45. The van der Waals surface area contributed by atoms with E-state index in [0.29, 0.717) is 19.5 Å². The first-order chi connectivity index (χ1) is 14.1. The number of fused-ring (bicyclic) bond motifs is 2. The Morgan fingerprint density at radius 3 is 2.60 bits per heavy atom. The van der Waals surface area contributed by atoms with E-state index in [4.69, 9.17) is 9.72 Å². The van der Waals surface area contributed by atoms with E-state index < -0.39 is 5.60 Å². The molecule has 0 saturated heterocycles. The highest BCUT2D eigenvalue weighted by atomic mass is 32.1. The maximum absolute atomic E-state index is 12.6. The van der Waals surface area contributed by atoms with Gasteiger partial charge in [-0.1, -0.05) is 12.1 Å². The normalized spacial score (nSPS) is 14.0. The summed E-state index contributed by atoms with van der Waals surface area (Å²) in [7, 11) is 1.79. The molecule has 1 aliphatic heterocycles. The predicted octanol–water partition coefficient (Wildman–Crippen LogP) is 5.30. The van der Waals surface area contributed by atoms with Gasteiger partial charge in [-0.05, 0) is 44.9 Å². The largest absolute Gasteiger partial charge is 0.444 e. The molecule has 0 unspecified atom stereocenters. The molecule has 2 amide bonds. The summed E-state index contributed by atoms with van der Waals surface area (Å²) in [5, 5.41) is 1.81. The van der Waals surface area contributed by atoms with Crippen molar-refractivity contribution in [2.24, 2.45) is 0 Å².